The van der Waals surface area contributed by atoms with Gasteiger partial charge in [-0.15, -0.1) is 0 Å². The van der Waals surface area contributed by atoms with Crippen LogP contribution in [-0.2, 0) is 24.3 Å². The Morgan fingerprint density at radius 2 is 1.91 bits per heavy atom. The van der Waals surface area contributed by atoms with Crippen molar-refractivity contribution in [3.05, 3.63) is 84.6 Å². The molecule has 2 N–H and O–H groups in total. The van der Waals surface area contributed by atoms with Crippen LogP contribution in [0, 0.1) is 5.95 Å². The van der Waals surface area contributed by atoms with Crippen molar-refractivity contribution in [2.45, 2.75) is 11.1 Å². The van der Waals surface area contributed by atoms with Crippen LogP contribution in [0.3, 0.4) is 0 Å². The number of hydrogen-bond acceptors (Lipinski definition) is 7. The van der Waals surface area contributed by atoms with E-state index in [9.17, 15) is 22.4 Å². The maximum atomic E-state index is 14.4. The third-order valence-electron chi connectivity index (χ3n) is 4.30. The Morgan fingerprint density at radius 1 is 1.19 bits per heavy atom. The number of pyridine rings is 1. The molecule has 0 aliphatic rings. The van der Waals surface area contributed by atoms with E-state index in [2.05, 4.69) is 10.3 Å². The van der Waals surface area contributed by atoms with E-state index in [-0.39, 0.29) is 21.7 Å². The highest BCUT2D eigenvalue weighted by atomic mass is 32.2. The molecule has 11 heteroatoms. The van der Waals surface area contributed by atoms with Crippen molar-refractivity contribution in [2.75, 3.05) is 7.05 Å². The van der Waals surface area contributed by atoms with Gasteiger partial charge in [-0.2, -0.15) is 4.39 Å². The minimum Gasteiger partial charge on any atom is -0.478 e. The number of aliphatic carboxylic acids is 1. The first-order valence-corrected chi connectivity index (χ1v) is 10.6. The monoisotopic (exact) mass is 459 g/mol. The molecule has 2 heterocycles. The fraction of sp³-hybridized carbons (Fsp3) is 0.0952. The quantitative estimate of drug-likeness (QED) is 0.227. The number of aromatic nitrogens is 2. The summed E-state index contributed by atoms with van der Waals surface area (Å²) in [5.74, 6) is -3.19. The first-order chi connectivity index (χ1) is 15.2. The molecule has 1 atom stereocenters. The van der Waals surface area contributed by atoms with Crippen molar-refractivity contribution in [1.82, 2.24) is 14.3 Å². The lowest BCUT2D eigenvalue weighted by molar-refractivity contribution is -0.145. The van der Waals surface area contributed by atoms with Crippen molar-refractivity contribution in [2.24, 2.45) is 0 Å². The molecule has 0 radical (unpaired) electrons. The predicted molar refractivity (Wildman–Crippen MR) is 111 cm³/mol. The van der Waals surface area contributed by atoms with Crippen LogP contribution in [-0.4, -0.2) is 41.5 Å². The highest BCUT2D eigenvalue weighted by molar-refractivity contribution is 7.90. The van der Waals surface area contributed by atoms with Crippen molar-refractivity contribution < 1.29 is 32.2 Å². The van der Waals surface area contributed by atoms with E-state index in [0.29, 0.717) is 12.2 Å². The average molecular weight is 459 g/mol. The molecule has 0 saturated heterocycles. The van der Waals surface area contributed by atoms with E-state index in [1.54, 1.807) is 18.2 Å². The lowest BCUT2D eigenvalue weighted by Crippen LogP contribution is -2.22. The molecular formula is C21H18FN3O6S. The van der Waals surface area contributed by atoms with Crippen molar-refractivity contribution in [1.29, 1.82) is 0 Å². The topological polar surface area (TPSA) is 128 Å². The standard InChI is InChI=1S/C21H18FN3O6S/c1-23-21(31-19(28)10-9-18(26)27)14-12-17(16-8-5-11-24-20(16)22)25(13-14)32(29,30)15-6-3-2-4-7-15/h2-13,21,23H,1H3,(H,26,27)/b10-9+. The van der Waals surface area contributed by atoms with Gasteiger partial charge < -0.3 is 9.84 Å². The van der Waals surface area contributed by atoms with Gasteiger partial charge in [0.2, 0.25) is 5.95 Å². The second-order valence-electron chi connectivity index (χ2n) is 6.39. The number of halogens is 1. The van der Waals surface area contributed by atoms with E-state index in [1.807, 2.05) is 0 Å². The van der Waals surface area contributed by atoms with Crippen LogP contribution in [0.1, 0.15) is 11.8 Å². The largest absolute Gasteiger partial charge is 0.478 e. The van der Waals surface area contributed by atoms with Crippen LogP contribution in [0.25, 0.3) is 11.3 Å². The summed E-state index contributed by atoms with van der Waals surface area (Å²) in [6, 6.07) is 11.7. The number of hydrogen-bond donors (Lipinski definition) is 2. The number of carbonyl (C=O) groups excluding carboxylic acids is 1. The second-order valence-corrected chi connectivity index (χ2v) is 8.21. The van der Waals surface area contributed by atoms with Crippen molar-refractivity contribution >= 4 is 22.0 Å². The van der Waals surface area contributed by atoms with E-state index in [0.717, 1.165) is 3.97 Å². The van der Waals surface area contributed by atoms with Gasteiger partial charge in [-0.05, 0) is 37.4 Å². The summed E-state index contributed by atoms with van der Waals surface area (Å²) < 4.78 is 47.0. The molecule has 166 valence electrons. The Kier molecular flexibility index (Phi) is 6.81. The fourth-order valence-corrected chi connectivity index (χ4v) is 4.27. The highest BCUT2D eigenvalue weighted by Gasteiger charge is 2.26. The molecule has 0 amide bonds. The van der Waals surface area contributed by atoms with E-state index < -0.39 is 34.1 Å². The van der Waals surface area contributed by atoms with Crippen LogP contribution in [0.4, 0.5) is 4.39 Å². The molecule has 0 aliphatic heterocycles. The Hall–Kier alpha value is -3.83. The van der Waals surface area contributed by atoms with Crippen LogP contribution in [0.15, 0.2) is 78.0 Å². The number of carboxylic acid groups (broad SMARTS) is 1. The molecule has 1 aromatic carbocycles. The van der Waals surface area contributed by atoms with Gasteiger partial charge in [-0.3, -0.25) is 5.32 Å². The molecule has 1 unspecified atom stereocenters. The second kappa shape index (κ2) is 9.54. The number of carboxylic acids is 1. The molecule has 0 saturated carbocycles. The van der Waals surface area contributed by atoms with Crippen molar-refractivity contribution in [3.8, 4) is 11.3 Å². The Labute approximate surface area is 182 Å². The molecular weight excluding hydrogens is 441 g/mol. The van der Waals surface area contributed by atoms with Crippen molar-refractivity contribution in [3.63, 3.8) is 0 Å². The predicted octanol–water partition coefficient (Wildman–Crippen LogP) is 2.33. The van der Waals surface area contributed by atoms with Gasteiger partial charge >= 0.3 is 11.9 Å². The number of nitrogens with zero attached hydrogens (tertiary/aromatic N) is 2. The fourth-order valence-electron chi connectivity index (χ4n) is 2.87. The summed E-state index contributed by atoms with van der Waals surface area (Å²) in [6.07, 6.45) is 2.60. The lowest BCUT2D eigenvalue weighted by Gasteiger charge is -2.14. The molecule has 2 aromatic heterocycles. The Bertz CT molecular complexity index is 1270. The van der Waals surface area contributed by atoms with Gasteiger partial charge in [0.15, 0.2) is 6.23 Å². The summed E-state index contributed by atoms with van der Waals surface area (Å²) in [6.45, 7) is 0. The molecule has 0 bridgehead atoms. The summed E-state index contributed by atoms with van der Waals surface area (Å²) in [7, 11) is -2.69. The normalized spacial score (nSPS) is 12.6. The number of nitrogens with one attached hydrogen (secondary N) is 1. The first-order valence-electron chi connectivity index (χ1n) is 9.16. The van der Waals surface area contributed by atoms with Gasteiger partial charge in [0.1, 0.15) is 0 Å². The first kappa shape index (κ1) is 22.8. The highest BCUT2D eigenvalue weighted by Crippen LogP contribution is 2.31. The number of benzene rings is 1. The van der Waals surface area contributed by atoms with Crippen LogP contribution in [0.2, 0.25) is 0 Å². The summed E-state index contributed by atoms with van der Waals surface area (Å²) in [5.41, 5.74) is 0.0689. The number of esters is 1. The smallest absolute Gasteiger partial charge is 0.332 e. The van der Waals surface area contributed by atoms with Gasteiger partial charge in [0.25, 0.3) is 10.0 Å². The zero-order chi connectivity index (χ0) is 23.3. The molecule has 3 rings (SSSR count). The Balaban J connectivity index is 2.12. The van der Waals surface area contributed by atoms with E-state index in [4.69, 9.17) is 9.84 Å². The number of carbonyl (C=O) groups is 2. The SMILES string of the molecule is CNC(OC(=O)/C=C/C(=O)O)c1cc(-c2cccnc2F)n(S(=O)(=O)c2ccccc2)c1. The van der Waals surface area contributed by atoms with Gasteiger partial charge in [-0.1, -0.05) is 18.2 Å². The van der Waals surface area contributed by atoms with Crippen LogP contribution < -0.4 is 5.32 Å². The molecule has 0 spiro atoms. The zero-order valence-corrected chi connectivity index (χ0v) is 17.5. The minimum absolute atomic E-state index is 0.0323. The molecule has 0 aliphatic carbocycles. The summed E-state index contributed by atoms with van der Waals surface area (Å²) >= 11 is 0. The zero-order valence-electron chi connectivity index (χ0n) is 16.7. The summed E-state index contributed by atoms with van der Waals surface area (Å²) in [4.78, 5) is 26.0. The van der Waals surface area contributed by atoms with Gasteiger partial charge in [-0.25, -0.2) is 27.0 Å². The van der Waals surface area contributed by atoms with E-state index in [1.165, 1.54) is 49.8 Å². The molecule has 3 aromatic rings. The summed E-state index contributed by atoms with van der Waals surface area (Å²) in [5, 5.41) is 11.3. The number of ether oxygens (including phenoxy) is 1. The van der Waals surface area contributed by atoms with Crippen LogP contribution in [0.5, 0.6) is 0 Å². The lowest BCUT2D eigenvalue weighted by atomic mass is 10.2. The number of rotatable bonds is 8. The maximum Gasteiger partial charge on any atom is 0.332 e. The Morgan fingerprint density at radius 3 is 2.53 bits per heavy atom. The molecule has 32 heavy (non-hydrogen) atoms. The van der Waals surface area contributed by atoms with Crippen LogP contribution >= 0.6 is 0 Å². The van der Waals surface area contributed by atoms with Gasteiger partial charge in [0.05, 0.1) is 16.2 Å². The minimum atomic E-state index is -4.14. The third kappa shape index (κ3) is 4.90. The average Bonchev–Trinajstić information content (AvgIpc) is 3.23. The van der Waals surface area contributed by atoms with E-state index >= 15 is 0 Å². The maximum absolute atomic E-state index is 14.4. The molecule has 0 fully saturated rings. The third-order valence-corrected chi connectivity index (χ3v) is 5.99. The molecule has 9 nitrogen and oxygen atoms in total. The van der Waals surface area contributed by atoms with Gasteiger partial charge in [0, 0.05) is 30.1 Å².